The van der Waals surface area contributed by atoms with E-state index in [0.717, 1.165) is 32.7 Å². The molecule has 0 bridgehead atoms. The summed E-state index contributed by atoms with van der Waals surface area (Å²) >= 11 is 1.32. The molecule has 3 rings (SSSR count). The van der Waals surface area contributed by atoms with Gasteiger partial charge >= 0.3 is 0 Å². The number of anilines is 2. The number of morpholine rings is 1. The number of hydrogen-bond acceptors (Lipinski definition) is 10. The summed E-state index contributed by atoms with van der Waals surface area (Å²) in [6.45, 7) is 13.6. The van der Waals surface area contributed by atoms with Crippen molar-refractivity contribution >= 4 is 35.3 Å². The first-order valence-electron chi connectivity index (χ1n) is 10.8. The summed E-state index contributed by atoms with van der Waals surface area (Å²) in [5, 5.41) is 18.3. The van der Waals surface area contributed by atoms with E-state index in [0.29, 0.717) is 42.5 Å². The lowest BCUT2D eigenvalue weighted by Gasteiger charge is -2.43. The molecule has 1 unspecified atom stereocenters. The van der Waals surface area contributed by atoms with Crippen LogP contribution in [0.25, 0.3) is 5.78 Å². The van der Waals surface area contributed by atoms with E-state index in [1.807, 2.05) is 13.8 Å². The van der Waals surface area contributed by atoms with Crippen molar-refractivity contribution in [2.75, 3.05) is 62.3 Å². The number of carbonyl (C=O) groups is 1. The fourth-order valence-electron chi connectivity index (χ4n) is 3.43. The highest BCUT2D eigenvalue weighted by molar-refractivity contribution is 7.99. The molecule has 0 aliphatic carbocycles. The van der Waals surface area contributed by atoms with Crippen molar-refractivity contribution in [2.45, 2.75) is 44.8 Å². The van der Waals surface area contributed by atoms with Gasteiger partial charge in [0, 0.05) is 38.3 Å². The zero-order chi connectivity index (χ0) is 22.3. The average Bonchev–Trinajstić information content (AvgIpc) is 3.20. The number of rotatable bonds is 11. The number of amides is 1. The lowest BCUT2D eigenvalue weighted by Crippen LogP contribution is -2.57. The van der Waals surface area contributed by atoms with E-state index < -0.39 is 0 Å². The zero-order valence-electron chi connectivity index (χ0n) is 18.8. The molecule has 12 heteroatoms. The normalized spacial score (nSPS) is 16.8. The minimum Gasteiger partial charge on any atom is -0.379 e. The maximum atomic E-state index is 12.6. The van der Waals surface area contributed by atoms with Gasteiger partial charge in [0.1, 0.15) is 0 Å². The molecule has 0 saturated carbocycles. The maximum absolute atomic E-state index is 12.6. The summed E-state index contributed by atoms with van der Waals surface area (Å²) < 4.78 is 7.20. The van der Waals surface area contributed by atoms with Crippen LogP contribution in [0.1, 0.15) is 34.1 Å². The molecule has 0 aromatic carbocycles. The third-order valence-corrected chi connectivity index (χ3v) is 6.38. The number of carbonyl (C=O) groups excluding carboxylic acids is 1. The van der Waals surface area contributed by atoms with Crippen LogP contribution < -0.4 is 16.0 Å². The fourth-order valence-corrected chi connectivity index (χ4v) is 4.19. The van der Waals surface area contributed by atoms with Crippen molar-refractivity contribution in [2.24, 2.45) is 0 Å². The maximum Gasteiger partial charge on any atom is 0.261 e. The minimum absolute atomic E-state index is 0.0372. The zero-order valence-corrected chi connectivity index (χ0v) is 19.6. The van der Waals surface area contributed by atoms with Crippen molar-refractivity contribution in [1.29, 1.82) is 0 Å². The van der Waals surface area contributed by atoms with Crippen molar-refractivity contribution in [3.63, 3.8) is 0 Å². The molecule has 1 fully saturated rings. The molecular formula is C19H33N9O2S. The smallest absolute Gasteiger partial charge is 0.261 e. The van der Waals surface area contributed by atoms with Gasteiger partial charge in [0.2, 0.25) is 17.8 Å². The summed E-state index contributed by atoms with van der Waals surface area (Å²) in [5.41, 5.74) is -0.0829. The molecule has 31 heavy (non-hydrogen) atoms. The third kappa shape index (κ3) is 5.74. The van der Waals surface area contributed by atoms with Crippen LogP contribution >= 0.6 is 11.8 Å². The van der Waals surface area contributed by atoms with E-state index in [9.17, 15) is 4.79 Å². The quantitative estimate of drug-likeness (QED) is 0.428. The van der Waals surface area contributed by atoms with Gasteiger partial charge < -0.3 is 20.7 Å². The average molecular weight is 452 g/mol. The summed E-state index contributed by atoms with van der Waals surface area (Å²) in [4.78, 5) is 23.9. The second-order valence-corrected chi connectivity index (χ2v) is 8.51. The molecule has 0 radical (unpaired) electrons. The third-order valence-electron chi connectivity index (χ3n) is 5.45. The largest absolute Gasteiger partial charge is 0.379 e. The van der Waals surface area contributed by atoms with Crippen molar-refractivity contribution in [3.05, 3.63) is 0 Å². The highest BCUT2D eigenvalue weighted by Gasteiger charge is 2.31. The second-order valence-electron chi connectivity index (χ2n) is 7.56. The monoisotopic (exact) mass is 451 g/mol. The van der Waals surface area contributed by atoms with Crippen LogP contribution in [0.3, 0.4) is 0 Å². The van der Waals surface area contributed by atoms with Gasteiger partial charge in [-0.1, -0.05) is 18.7 Å². The van der Waals surface area contributed by atoms with Gasteiger partial charge in [0.25, 0.3) is 5.78 Å². The number of ether oxygens (including phenoxy) is 1. The minimum atomic E-state index is -0.0829. The summed E-state index contributed by atoms with van der Waals surface area (Å²) in [5.74, 6) is 1.74. The predicted octanol–water partition coefficient (Wildman–Crippen LogP) is 1.09. The Morgan fingerprint density at radius 1 is 1.13 bits per heavy atom. The van der Waals surface area contributed by atoms with Crippen molar-refractivity contribution in [1.82, 2.24) is 34.8 Å². The molecule has 1 aliphatic rings. The molecule has 2 aromatic heterocycles. The first kappa shape index (κ1) is 23.5. The lowest BCUT2D eigenvalue weighted by molar-refractivity contribution is -0.119. The molecule has 1 saturated heterocycles. The number of nitrogens with one attached hydrogen (secondary N) is 3. The molecule has 1 atom stereocenters. The molecule has 3 heterocycles. The number of hydrogen-bond donors (Lipinski definition) is 3. The molecular weight excluding hydrogens is 418 g/mol. The first-order chi connectivity index (χ1) is 15.0. The first-order valence-corrected chi connectivity index (χ1v) is 11.8. The van der Waals surface area contributed by atoms with Crippen molar-refractivity contribution < 1.29 is 9.53 Å². The Hall–Kier alpha value is -2.18. The highest BCUT2D eigenvalue weighted by Crippen LogP contribution is 2.22. The highest BCUT2D eigenvalue weighted by atomic mass is 32.2. The Morgan fingerprint density at radius 2 is 1.87 bits per heavy atom. The Kier molecular flexibility index (Phi) is 8.27. The van der Waals surface area contributed by atoms with Crippen LogP contribution in [0, 0.1) is 0 Å². The van der Waals surface area contributed by atoms with Crippen LogP contribution in [-0.2, 0) is 9.53 Å². The summed E-state index contributed by atoms with van der Waals surface area (Å²) in [6.07, 6.45) is 0.951. The van der Waals surface area contributed by atoms with Gasteiger partial charge in [0.05, 0.1) is 19.0 Å². The summed E-state index contributed by atoms with van der Waals surface area (Å²) in [6, 6.07) is 0. The molecule has 3 N–H and O–H groups in total. The van der Waals surface area contributed by atoms with E-state index >= 15 is 0 Å². The van der Waals surface area contributed by atoms with E-state index in [-0.39, 0.29) is 17.2 Å². The van der Waals surface area contributed by atoms with Crippen LogP contribution in [0.15, 0.2) is 5.16 Å². The van der Waals surface area contributed by atoms with Crippen LogP contribution in [-0.4, -0.2) is 92.6 Å². The number of thioether (sulfide) groups is 1. The van der Waals surface area contributed by atoms with Crippen LogP contribution in [0.2, 0.25) is 0 Å². The predicted molar refractivity (Wildman–Crippen MR) is 122 cm³/mol. The van der Waals surface area contributed by atoms with E-state index in [4.69, 9.17) is 4.74 Å². The van der Waals surface area contributed by atoms with E-state index in [2.05, 4.69) is 54.9 Å². The van der Waals surface area contributed by atoms with Crippen LogP contribution in [0.5, 0.6) is 0 Å². The Labute approximate surface area is 187 Å². The number of aromatic nitrogens is 5. The van der Waals surface area contributed by atoms with Gasteiger partial charge in [-0.15, -0.1) is 10.2 Å². The number of nitrogens with zero attached hydrogens (tertiary/aromatic N) is 6. The number of fused-ring (bicyclic) bond motifs is 1. The van der Waals surface area contributed by atoms with Gasteiger partial charge in [-0.3, -0.25) is 9.69 Å². The lowest BCUT2D eigenvalue weighted by atomic mass is 9.95. The Morgan fingerprint density at radius 3 is 2.55 bits per heavy atom. The van der Waals surface area contributed by atoms with Crippen molar-refractivity contribution in [3.8, 4) is 0 Å². The standard InChI is InChI=1S/C19H33N9O2S/c1-5-19(4,27-8-10-30-11-9-27)13-22-14(29)12-31-18-26-25-17-24-15(20-6-2)23-16(21-7-3)28(17)18/h5-13H2,1-4H3,(H,22,29)(H2,20,21,23,24,25). The van der Waals surface area contributed by atoms with E-state index in [1.54, 1.807) is 4.40 Å². The molecule has 11 nitrogen and oxygen atoms in total. The summed E-state index contributed by atoms with van der Waals surface area (Å²) in [7, 11) is 0. The Bertz CT molecular complexity index is 871. The molecule has 172 valence electrons. The molecule has 2 aromatic rings. The van der Waals surface area contributed by atoms with Gasteiger partial charge in [-0.2, -0.15) is 9.97 Å². The fraction of sp³-hybridized carbons (Fsp3) is 0.737. The van der Waals surface area contributed by atoms with Crippen LogP contribution in [0.4, 0.5) is 11.9 Å². The van der Waals surface area contributed by atoms with Gasteiger partial charge in [-0.25, -0.2) is 4.40 Å². The second kappa shape index (κ2) is 10.9. The molecule has 1 amide bonds. The van der Waals surface area contributed by atoms with E-state index in [1.165, 1.54) is 11.8 Å². The Balaban J connectivity index is 1.63. The molecule has 1 aliphatic heterocycles. The topological polar surface area (TPSA) is 122 Å². The van der Waals surface area contributed by atoms with Gasteiger partial charge in [-0.05, 0) is 27.2 Å². The SMILES string of the molecule is CCNc1nc(NCC)n2c(SCC(=O)NCC(C)(CC)N3CCOCC3)nnc2n1. The molecule has 0 spiro atoms. The van der Waals surface area contributed by atoms with Gasteiger partial charge in [0.15, 0.2) is 5.16 Å².